The van der Waals surface area contributed by atoms with E-state index in [0.717, 1.165) is 0 Å². The van der Waals surface area contributed by atoms with Crippen molar-refractivity contribution >= 4 is 5.91 Å². The van der Waals surface area contributed by atoms with Crippen LogP contribution in [0.1, 0.15) is 41.0 Å². The Bertz CT molecular complexity index is 158. The number of amides is 1. The number of hydrogen-bond donors (Lipinski definition) is 1. The van der Waals surface area contributed by atoms with Crippen molar-refractivity contribution < 1.29 is 4.79 Å². The van der Waals surface area contributed by atoms with Crippen LogP contribution in [0.4, 0.5) is 0 Å². The molecule has 0 spiro atoms. The molecule has 0 aromatic heterocycles. The van der Waals surface area contributed by atoms with Crippen molar-refractivity contribution in [1.29, 1.82) is 0 Å². The molecular weight excluding hydrogens is 164 g/mol. The van der Waals surface area contributed by atoms with E-state index >= 15 is 0 Å². The summed E-state index contributed by atoms with van der Waals surface area (Å²) in [5.41, 5.74) is 5.70. The number of carbonyl (C=O) groups is 1. The molecule has 0 heterocycles. The molecule has 0 aromatic carbocycles. The third-order valence-electron chi connectivity index (χ3n) is 2.12. The maximum absolute atomic E-state index is 11.8. The van der Waals surface area contributed by atoms with Gasteiger partial charge in [-0.1, -0.05) is 6.92 Å². The Labute approximate surface area is 81.3 Å². The van der Waals surface area contributed by atoms with Gasteiger partial charge in [0.05, 0.1) is 6.04 Å². The Kier molecular flexibility index (Phi) is 4.99. The van der Waals surface area contributed by atoms with Crippen LogP contribution in [0, 0.1) is 0 Å². The molecule has 0 unspecified atom stereocenters. The summed E-state index contributed by atoms with van der Waals surface area (Å²) >= 11 is 0. The highest BCUT2D eigenvalue weighted by Gasteiger charge is 2.23. The summed E-state index contributed by atoms with van der Waals surface area (Å²) in [6.45, 7) is 9.99. The maximum Gasteiger partial charge on any atom is 0.239 e. The highest BCUT2D eigenvalue weighted by atomic mass is 16.2. The molecule has 2 N–H and O–H groups in total. The van der Waals surface area contributed by atoms with Gasteiger partial charge < -0.3 is 10.6 Å². The molecule has 13 heavy (non-hydrogen) atoms. The Balaban J connectivity index is 4.46. The van der Waals surface area contributed by atoms with Crippen molar-refractivity contribution in [3.8, 4) is 0 Å². The quantitative estimate of drug-likeness (QED) is 0.720. The summed E-state index contributed by atoms with van der Waals surface area (Å²) in [4.78, 5) is 13.6. The summed E-state index contributed by atoms with van der Waals surface area (Å²) in [7, 11) is 0. The smallest absolute Gasteiger partial charge is 0.239 e. The second kappa shape index (κ2) is 5.22. The highest BCUT2D eigenvalue weighted by Crippen LogP contribution is 2.07. The molecule has 0 rings (SSSR count). The number of carbonyl (C=O) groups excluding carboxylic acids is 1. The molecule has 0 fully saturated rings. The first-order chi connectivity index (χ1) is 5.91. The summed E-state index contributed by atoms with van der Waals surface area (Å²) in [5.74, 6) is 0.0625. The Morgan fingerprint density at radius 3 is 1.85 bits per heavy atom. The molecule has 0 saturated heterocycles. The molecule has 1 amide bonds. The van der Waals surface area contributed by atoms with Gasteiger partial charge >= 0.3 is 0 Å². The topological polar surface area (TPSA) is 46.3 Å². The lowest BCUT2D eigenvalue weighted by Crippen LogP contribution is -2.49. The Morgan fingerprint density at radius 2 is 1.62 bits per heavy atom. The van der Waals surface area contributed by atoms with E-state index in [1.165, 1.54) is 0 Å². The molecule has 0 bridgehead atoms. The van der Waals surface area contributed by atoms with Crippen molar-refractivity contribution in [2.75, 3.05) is 0 Å². The van der Waals surface area contributed by atoms with Crippen LogP contribution < -0.4 is 5.73 Å². The maximum atomic E-state index is 11.8. The molecule has 0 aromatic rings. The molecular formula is C10H22N2O. The fourth-order valence-corrected chi connectivity index (χ4v) is 1.47. The summed E-state index contributed by atoms with van der Waals surface area (Å²) < 4.78 is 0. The second-order valence-corrected chi connectivity index (χ2v) is 3.95. The molecule has 3 nitrogen and oxygen atoms in total. The predicted molar refractivity (Wildman–Crippen MR) is 55.4 cm³/mol. The van der Waals surface area contributed by atoms with Gasteiger partial charge in [-0.3, -0.25) is 4.79 Å². The third kappa shape index (κ3) is 3.35. The molecule has 0 radical (unpaired) electrons. The second-order valence-electron chi connectivity index (χ2n) is 3.95. The minimum atomic E-state index is -0.343. The van der Waals surface area contributed by atoms with Crippen LogP contribution in [-0.2, 0) is 4.79 Å². The number of hydrogen-bond acceptors (Lipinski definition) is 2. The van der Waals surface area contributed by atoms with Gasteiger partial charge in [0.1, 0.15) is 0 Å². The molecule has 0 aliphatic heterocycles. The molecule has 3 heteroatoms. The number of nitrogens with two attached hydrogens (primary N) is 1. The fourth-order valence-electron chi connectivity index (χ4n) is 1.47. The van der Waals surface area contributed by atoms with Gasteiger partial charge in [0.15, 0.2) is 0 Å². The van der Waals surface area contributed by atoms with E-state index in [1.54, 1.807) is 0 Å². The molecule has 0 aliphatic carbocycles. The lowest BCUT2D eigenvalue weighted by Gasteiger charge is -2.32. The van der Waals surface area contributed by atoms with Crippen LogP contribution in [0.3, 0.4) is 0 Å². The van der Waals surface area contributed by atoms with Crippen LogP contribution in [0.25, 0.3) is 0 Å². The normalized spacial score (nSPS) is 13.5. The van der Waals surface area contributed by atoms with Crippen LogP contribution >= 0.6 is 0 Å². The first-order valence-corrected chi connectivity index (χ1v) is 4.99. The molecule has 0 saturated carbocycles. The Hall–Kier alpha value is -0.570. The minimum Gasteiger partial charge on any atom is -0.337 e. The largest absolute Gasteiger partial charge is 0.337 e. The van der Waals surface area contributed by atoms with Gasteiger partial charge in [-0.15, -0.1) is 0 Å². The molecule has 78 valence electrons. The van der Waals surface area contributed by atoms with Gasteiger partial charge in [0.2, 0.25) is 5.91 Å². The van der Waals surface area contributed by atoms with Gasteiger partial charge in [-0.2, -0.15) is 0 Å². The van der Waals surface area contributed by atoms with E-state index in [-0.39, 0.29) is 24.0 Å². The standard InChI is InChI=1S/C10H22N2O/c1-6-9(11)10(13)12(7(2)3)8(4)5/h7-9H,6,11H2,1-5H3/t9-/m0/s1. The van der Waals surface area contributed by atoms with Crippen molar-refractivity contribution in [2.45, 2.75) is 59.2 Å². The van der Waals surface area contributed by atoms with Crippen LogP contribution in [-0.4, -0.2) is 28.9 Å². The van der Waals surface area contributed by atoms with Crippen LogP contribution in [0.2, 0.25) is 0 Å². The average Bonchev–Trinajstić information content (AvgIpc) is 2.01. The highest BCUT2D eigenvalue weighted by molar-refractivity contribution is 5.82. The summed E-state index contributed by atoms with van der Waals surface area (Å²) in [6.07, 6.45) is 0.703. The minimum absolute atomic E-state index is 0.0625. The van der Waals surface area contributed by atoms with E-state index in [2.05, 4.69) is 0 Å². The van der Waals surface area contributed by atoms with Crippen molar-refractivity contribution in [2.24, 2.45) is 5.73 Å². The zero-order valence-electron chi connectivity index (χ0n) is 9.37. The van der Waals surface area contributed by atoms with E-state index in [4.69, 9.17) is 5.73 Å². The van der Waals surface area contributed by atoms with E-state index < -0.39 is 0 Å². The number of rotatable bonds is 4. The summed E-state index contributed by atoms with van der Waals surface area (Å²) in [6, 6.07) is 0.111. The van der Waals surface area contributed by atoms with Gasteiger partial charge in [0, 0.05) is 12.1 Å². The zero-order valence-corrected chi connectivity index (χ0v) is 9.37. The monoisotopic (exact) mass is 186 g/mol. The lowest BCUT2D eigenvalue weighted by atomic mass is 10.1. The average molecular weight is 186 g/mol. The van der Waals surface area contributed by atoms with Crippen molar-refractivity contribution in [3.63, 3.8) is 0 Å². The first kappa shape index (κ1) is 12.4. The molecule has 1 atom stereocenters. The Morgan fingerprint density at radius 1 is 1.23 bits per heavy atom. The zero-order chi connectivity index (χ0) is 10.6. The van der Waals surface area contributed by atoms with Crippen LogP contribution in [0.15, 0.2) is 0 Å². The predicted octanol–water partition coefficient (Wildman–Crippen LogP) is 1.37. The van der Waals surface area contributed by atoms with Gasteiger partial charge in [-0.25, -0.2) is 0 Å². The third-order valence-corrected chi connectivity index (χ3v) is 2.12. The summed E-state index contributed by atoms with van der Waals surface area (Å²) in [5, 5.41) is 0. The van der Waals surface area contributed by atoms with Gasteiger partial charge in [-0.05, 0) is 34.1 Å². The lowest BCUT2D eigenvalue weighted by molar-refractivity contribution is -0.136. The van der Waals surface area contributed by atoms with E-state index in [0.29, 0.717) is 6.42 Å². The van der Waals surface area contributed by atoms with Gasteiger partial charge in [0.25, 0.3) is 0 Å². The van der Waals surface area contributed by atoms with E-state index in [1.807, 2.05) is 39.5 Å². The van der Waals surface area contributed by atoms with Crippen LogP contribution in [0.5, 0.6) is 0 Å². The fraction of sp³-hybridized carbons (Fsp3) is 0.900. The molecule has 0 aliphatic rings. The number of nitrogens with zero attached hydrogens (tertiary/aromatic N) is 1. The van der Waals surface area contributed by atoms with Crippen molar-refractivity contribution in [1.82, 2.24) is 4.90 Å². The first-order valence-electron chi connectivity index (χ1n) is 4.99. The van der Waals surface area contributed by atoms with E-state index in [9.17, 15) is 4.79 Å². The SMILES string of the molecule is CC[C@H](N)C(=O)N(C(C)C)C(C)C. The van der Waals surface area contributed by atoms with Crippen molar-refractivity contribution in [3.05, 3.63) is 0 Å².